The first-order valence-corrected chi connectivity index (χ1v) is 13.4. The van der Waals surface area contributed by atoms with Gasteiger partial charge in [0.15, 0.2) is 5.78 Å². The Hall–Kier alpha value is -3.12. The third-order valence-corrected chi connectivity index (χ3v) is 6.27. The van der Waals surface area contributed by atoms with Gasteiger partial charge in [0.1, 0.15) is 30.8 Å². The maximum Gasteiger partial charge on any atom is 0.331 e. The molecule has 0 amide bonds. The van der Waals surface area contributed by atoms with Crippen molar-refractivity contribution in [1.82, 2.24) is 0 Å². The molecule has 0 aliphatic carbocycles. The maximum absolute atomic E-state index is 11.7. The second kappa shape index (κ2) is 14.1. The number of rotatable bonds is 15. The minimum Gasteiger partial charge on any atom is -0.491 e. The molecule has 0 fully saturated rings. The largest absolute Gasteiger partial charge is 0.491 e. The van der Waals surface area contributed by atoms with Crippen molar-refractivity contribution >= 4 is 11.8 Å². The third-order valence-electron chi connectivity index (χ3n) is 6.27. The van der Waals surface area contributed by atoms with Crippen LogP contribution in [0.3, 0.4) is 0 Å². The highest BCUT2D eigenvalue weighted by atomic mass is 16.6. The van der Waals surface area contributed by atoms with E-state index in [0.29, 0.717) is 12.4 Å². The molecule has 0 radical (unpaired) electrons. The fourth-order valence-electron chi connectivity index (χ4n) is 4.23. The first kappa shape index (κ1) is 31.1. The standard InChI is InChI=1S/C32H44O6/c1-9-20-31(5,6)38-25(4)22-36-29-17-13-27(14-18-29)32(7,8)26-11-15-28(16-12-26)35-21-24(3)37-30(34)19-10-23(2)33/h10-19,24-25H,9,20-22H2,1-8H3/b19-10+. The van der Waals surface area contributed by atoms with Gasteiger partial charge in [-0.3, -0.25) is 4.79 Å². The molecule has 2 aromatic rings. The van der Waals surface area contributed by atoms with Gasteiger partial charge in [0.25, 0.3) is 0 Å². The van der Waals surface area contributed by atoms with E-state index in [9.17, 15) is 9.59 Å². The van der Waals surface area contributed by atoms with Crippen LogP contribution in [-0.2, 0) is 24.5 Å². The van der Waals surface area contributed by atoms with Crippen molar-refractivity contribution in [2.45, 2.75) is 91.5 Å². The third kappa shape index (κ3) is 10.3. The van der Waals surface area contributed by atoms with Gasteiger partial charge >= 0.3 is 5.97 Å². The fourth-order valence-corrected chi connectivity index (χ4v) is 4.23. The van der Waals surface area contributed by atoms with Gasteiger partial charge in [-0.2, -0.15) is 0 Å². The van der Waals surface area contributed by atoms with E-state index >= 15 is 0 Å². The first-order chi connectivity index (χ1) is 17.8. The normalized spacial score (nSPS) is 13.7. The summed E-state index contributed by atoms with van der Waals surface area (Å²) >= 11 is 0. The molecule has 6 nitrogen and oxygen atoms in total. The Morgan fingerprint density at radius 3 is 1.71 bits per heavy atom. The zero-order chi connectivity index (χ0) is 28.3. The van der Waals surface area contributed by atoms with E-state index in [-0.39, 0.29) is 29.5 Å². The van der Waals surface area contributed by atoms with Gasteiger partial charge in [0.05, 0.1) is 11.7 Å². The molecular weight excluding hydrogens is 480 g/mol. The second-order valence-corrected chi connectivity index (χ2v) is 10.9. The van der Waals surface area contributed by atoms with Crippen LogP contribution in [0.1, 0.15) is 79.4 Å². The van der Waals surface area contributed by atoms with E-state index in [0.717, 1.165) is 30.2 Å². The Kier molecular flexibility index (Phi) is 11.6. The Labute approximate surface area is 228 Å². The summed E-state index contributed by atoms with van der Waals surface area (Å²) in [5.41, 5.74) is 1.95. The molecule has 2 rings (SSSR count). The summed E-state index contributed by atoms with van der Waals surface area (Å²) in [5, 5.41) is 0. The Bertz CT molecular complexity index is 1050. The fraction of sp³-hybridized carbons (Fsp3) is 0.500. The van der Waals surface area contributed by atoms with Crippen LogP contribution >= 0.6 is 0 Å². The van der Waals surface area contributed by atoms with Gasteiger partial charge in [-0.25, -0.2) is 4.79 Å². The predicted molar refractivity (Wildman–Crippen MR) is 151 cm³/mol. The molecule has 2 unspecified atom stereocenters. The average Bonchev–Trinajstić information content (AvgIpc) is 2.85. The molecule has 0 saturated carbocycles. The van der Waals surface area contributed by atoms with Gasteiger partial charge in [0, 0.05) is 11.5 Å². The average molecular weight is 525 g/mol. The smallest absolute Gasteiger partial charge is 0.331 e. The van der Waals surface area contributed by atoms with Crippen LogP contribution in [0.15, 0.2) is 60.7 Å². The number of carbonyl (C=O) groups is 2. The number of allylic oxidation sites excluding steroid dienone is 1. The molecule has 2 atom stereocenters. The van der Waals surface area contributed by atoms with Crippen LogP contribution in [0.5, 0.6) is 11.5 Å². The van der Waals surface area contributed by atoms with Crippen LogP contribution in [0.2, 0.25) is 0 Å². The zero-order valence-corrected chi connectivity index (χ0v) is 24.2. The molecule has 0 N–H and O–H groups in total. The highest BCUT2D eigenvalue weighted by Gasteiger charge is 2.24. The summed E-state index contributed by atoms with van der Waals surface area (Å²) in [6.45, 7) is 16.7. The summed E-state index contributed by atoms with van der Waals surface area (Å²) in [7, 11) is 0. The lowest BCUT2D eigenvalue weighted by atomic mass is 9.78. The Morgan fingerprint density at radius 1 is 0.789 bits per heavy atom. The summed E-state index contributed by atoms with van der Waals surface area (Å²) < 4.78 is 23.1. The number of benzene rings is 2. The van der Waals surface area contributed by atoms with E-state index in [1.54, 1.807) is 6.92 Å². The predicted octanol–water partition coefficient (Wildman–Crippen LogP) is 6.83. The van der Waals surface area contributed by atoms with Crippen molar-refractivity contribution in [2.75, 3.05) is 13.2 Å². The van der Waals surface area contributed by atoms with Gasteiger partial charge < -0.3 is 18.9 Å². The van der Waals surface area contributed by atoms with E-state index in [1.807, 2.05) is 43.3 Å². The lowest BCUT2D eigenvalue weighted by Gasteiger charge is -2.29. The quantitative estimate of drug-likeness (QED) is 0.188. The number of hydrogen-bond acceptors (Lipinski definition) is 6. The number of carbonyl (C=O) groups excluding carboxylic acids is 2. The molecule has 0 aliphatic rings. The van der Waals surface area contributed by atoms with Crippen molar-refractivity contribution in [2.24, 2.45) is 0 Å². The van der Waals surface area contributed by atoms with Crippen molar-refractivity contribution in [3.8, 4) is 11.5 Å². The minimum absolute atomic E-state index is 0.00649. The molecule has 0 heterocycles. The lowest BCUT2D eigenvalue weighted by Crippen LogP contribution is -2.32. The number of ketones is 1. The summed E-state index contributed by atoms with van der Waals surface area (Å²) in [6, 6.07) is 16.1. The van der Waals surface area contributed by atoms with E-state index in [4.69, 9.17) is 18.9 Å². The molecular formula is C32H44O6. The van der Waals surface area contributed by atoms with Gasteiger partial charge in [-0.05, 0) is 82.5 Å². The minimum atomic E-state index is -0.566. The molecule has 6 heteroatoms. The topological polar surface area (TPSA) is 71.1 Å². The molecule has 2 aromatic carbocycles. The Morgan fingerprint density at radius 2 is 1.26 bits per heavy atom. The van der Waals surface area contributed by atoms with E-state index < -0.39 is 12.1 Å². The summed E-state index contributed by atoms with van der Waals surface area (Å²) in [5.74, 6) is 0.737. The van der Waals surface area contributed by atoms with Crippen LogP contribution < -0.4 is 9.47 Å². The second-order valence-electron chi connectivity index (χ2n) is 10.9. The Balaban J connectivity index is 1.91. The zero-order valence-electron chi connectivity index (χ0n) is 24.2. The molecule has 208 valence electrons. The van der Waals surface area contributed by atoms with Crippen molar-refractivity contribution in [1.29, 1.82) is 0 Å². The molecule has 0 spiro atoms. The molecule has 38 heavy (non-hydrogen) atoms. The van der Waals surface area contributed by atoms with Gasteiger partial charge in [-0.15, -0.1) is 0 Å². The SMILES string of the molecule is CCCC(C)(C)OC(C)COc1ccc(C(C)(C)c2ccc(OCC(C)OC(=O)/C=C/C(C)=O)cc2)cc1. The number of ether oxygens (including phenoxy) is 4. The lowest BCUT2D eigenvalue weighted by molar-refractivity contribution is -0.143. The summed E-state index contributed by atoms with van der Waals surface area (Å²) in [6.07, 6.45) is 3.97. The van der Waals surface area contributed by atoms with Crippen molar-refractivity contribution in [3.05, 3.63) is 71.8 Å². The van der Waals surface area contributed by atoms with E-state index in [1.165, 1.54) is 18.6 Å². The molecule has 0 aromatic heterocycles. The first-order valence-electron chi connectivity index (χ1n) is 13.4. The highest BCUT2D eigenvalue weighted by molar-refractivity contribution is 5.94. The highest BCUT2D eigenvalue weighted by Crippen LogP contribution is 2.33. The monoisotopic (exact) mass is 524 g/mol. The van der Waals surface area contributed by atoms with Crippen LogP contribution in [0.25, 0.3) is 0 Å². The van der Waals surface area contributed by atoms with Crippen molar-refractivity contribution < 1.29 is 28.5 Å². The summed E-state index contributed by atoms with van der Waals surface area (Å²) in [4.78, 5) is 22.6. The van der Waals surface area contributed by atoms with Crippen LogP contribution in [-0.4, -0.2) is 42.8 Å². The molecule has 0 aliphatic heterocycles. The van der Waals surface area contributed by atoms with Crippen LogP contribution in [0, 0.1) is 0 Å². The van der Waals surface area contributed by atoms with Gasteiger partial charge in [0.2, 0.25) is 0 Å². The number of esters is 1. The van der Waals surface area contributed by atoms with Crippen molar-refractivity contribution in [3.63, 3.8) is 0 Å². The maximum atomic E-state index is 11.7. The molecule has 0 bridgehead atoms. The molecule has 0 saturated heterocycles. The number of hydrogen-bond donors (Lipinski definition) is 0. The van der Waals surface area contributed by atoms with E-state index in [2.05, 4.69) is 46.8 Å². The van der Waals surface area contributed by atoms with Crippen LogP contribution in [0.4, 0.5) is 0 Å². The van der Waals surface area contributed by atoms with Gasteiger partial charge in [-0.1, -0.05) is 51.5 Å².